The highest BCUT2D eigenvalue weighted by molar-refractivity contribution is 5.95. The number of carbonyl (C=O) groups excluding carboxylic acids is 1. The number of rotatable bonds is 5. The average molecular weight is 356 g/mol. The van der Waals surface area contributed by atoms with Gasteiger partial charge in [0.25, 0.3) is 0 Å². The molecular weight excluding hydrogens is 336 g/mol. The summed E-state index contributed by atoms with van der Waals surface area (Å²) < 4.78 is 17.1. The summed E-state index contributed by atoms with van der Waals surface area (Å²) in [7, 11) is 3.08. The monoisotopic (exact) mass is 356 g/mol. The van der Waals surface area contributed by atoms with E-state index in [4.69, 9.17) is 13.9 Å². The number of methoxy groups -OCH3 is 2. The van der Waals surface area contributed by atoms with Crippen LogP contribution in [0, 0.1) is 6.92 Å². The lowest BCUT2D eigenvalue weighted by atomic mass is 10.1. The van der Waals surface area contributed by atoms with Crippen LogP contribution in [-0.4, -0.2) is 24.7 Å². The van der Waals surface area contributed by atoms with Crippen molar-refractivity contribution in [1.29, 1.82) is 0 Å². The number of fused-ring (bicyclic) bond motifs is 1. The van der Waals surface area contributed by atoms with Crippen molar-refractivity contribution in [3.05, 3.63) is 52.5 Å². The lowest BCUT2D eigenvalue weighted by Gasteiger charge is -2.16. The summed E-state index contributed by atoms with van der Waals surface area (Å²) in [6, 6.07) is 9.71. The van der Waals surface area contributed by atoms with Crippen molar-refractivity contribution in [3.8, 4) is 11.5 Å². The fourth-order valence-corrected chi connectivity index (χ4v) is 2.82. The second-order valence-corrected chi connectivity index (χ2v) is 5.89. The number of hydrogen-bond donors (Lipinski definition) is 1. The van der Waals surface area contributed by atoms with Gasteiger partial charge in [0.2, 0.25) is 5.91 Å². The molecular formula is C19H20N2O5. The Morgan fingerprint density at radius 2 is 1.81 bits per heavy atom. The lowest BCUT2D eigenvalue weighted by molar-refractivity contribution is -0.118. The molecule has 0 spiro atoms. The van der Waals surface area contributed by atoms with E-state index in [-0.39, 0.29) is 5.91 Å². The fraction of sp³-hybridized carbons (Fsp3) is 0.263. The molecule has 7 heteroatoms. The number of aryl methyl sites for hydroxylation is 1. The SMILES string of the molecule is COc1cc(C)c(NC(=O)[C@@H](C)n2c(=O)oc3ccccc32)cc1OC. The van der Waals surface area contributed by atoms with Gasteiger partial charge in [-0.25, -0.2) is 4.79 Å². The minimum atomic E-state index is -0.751. The predicted molar refractivity (Wildman–Crippen MR) is 98.1 cm³/mol. The maximum absolute atomic E-state index is 12.7. The van der Waals surface area contributed by atoms with Crippen LogP contribution < -0.4 is 20.5 Å². The van der Waals surface area contributed by atoms with Crippen LogP contribution >= 0.6 is 0 Å². The first-order valence-electron chi connectivity index (χ1n) is 8.09. The second kappa shape index (κ2) is 6.95. The lowest BCUT2D eigenvalue weighted by Crippen LogP contribution is -2.29. The highest BCUT2D eigenvalue weighted by atomic mass is 16.5. The van der Waals surface area contributed by atoms with Gasteiger partial charge in [0.15, 0.2) is 17.1 Å². The Kier molecular flexibility index (Phi) is 4.71. The third-order valence-corrected chi connectivity index (χ3v) is 4.27. The summed E-state index contributed by atoms with van der Waals surface area (Å²) in [5.74, 6) is 0.173. The molecule has 1 amide bonds. The summed E-state index contributed by atoms with van der Waals surface area (Å²) >= 11 is 0. The highest BCUT2D eigenvalue weighted by Gasteiger charge is 2.22. The molecule has 0 radical (unpaired) electrons. The van der Waals surface area contributed by atoms with Gasteiger partial charge in [-0.05, 0) is 37.6 Å². The molecule has 0 aliphatic carbocycles. The zero-order valence-electron chi connectivity index (χ0n) is 15.0. The van der Waals surface area contributed by atoms with E-state index in [1.165, 1.54) is 11.7 Å². The molecule has 0 aliphatic rings. The first-order chi connectivity index (χ1) is 12.5. The number of ether oxygens (including phenoxy) is 2. The predicted octanol–water partition coefficient (Wildman–Crippen LogP) is 3.12. The molecule has 0 unspecified atom stereocenters. The molecule has 0 aliphatic heterocycles. The molecule has 2 aromatic carbocycles. The smallest absolute Gasteiger partial charge is 0.420 e. The second-order valence-electron chi connectivity index (χ2n) is 5.89. The van der Waals surface area contributed by atoms with E-state index in [1.807, 2.05) is 6.92 Å². The molecule has 1 atom stereocenters. The zero-order valence-corrected chi connectivity index (χ0v) is 15.0. The maximum Gasteiger partial charge on any atom is 0.420 e. The Balaban J connectivity index is 1.93. The Labute approximate surface area is 150 Å². The van der Waals surface area contributed by atoms with Crippen LogP contribution in [0.2, 0.25) is 0 Å². The Bertz CT molecular complexity index is 1020. The number of hydrogen-bond acceptors (Lipinski definition) is 5. The molecule has 3 rings (SSSR count). The minimum absolute atomic E-state index is 0.339. The van der Waals surface area contributed by atoms with Gasteiger partial charge in [-0.2, -0.15) is 0 Å². The topological polar surface area (TPSA) is 82.7 Å². The summed E-state index contributed by atoms with van der Waals surface area (Å²) in [5.41, 5.74) is 2.41. The fourth-order valence-electron chi connectivity index (χ4n) is 2.82. The van der Waals surface area contributed by atoms with Gasteiger partial charge < -0.3 is 19.2 Å². The first kappa shape index (κ1) is 17.6. The number of para-hydroxylation sites is 2. The van der Waals surface area contributed by atoms with E-state index in [0.29, 0.717) is 28.3 Å². The Morgan fingerprint density at radius 1 is 1.15 bits per heavy atom. The van der Waals surface area contributed by atoms with Crippen LogP contribution in [-0.2, 0) is 4.79 Å². The van der Waals surface area contributed by atoms with Crippen LogP contribution in [0.4, 0.5) is 5.69 Å². The number of benzene rings is 2. The van der Waals surface area contributed by atoms with Gasteiger partial charge in [0.1, 0.15) is 6.04 Å². The van der Waals surface area contributed by atoms with Crippen molar-refractivity contribution in [3.63, 3.8) is 0 Å². The molecule has 0 saturated heterocycles. The van der Waals surface area contributed by atoms with Crippen LogP contribution in [0.1, 0.15) is 18.5 Å². The number of nitrogens with one attached hydrogen (secondary N) is 1. The molecule has 0 saturated carbocycles. The number of amides is 1. The molecule has 136 valence electrons. The van der Waals surface area contributed by atoms with Crippen molar-refractivity contribution < 1.29 is 18.7 Å². The maximum atomic E-state index is 12.7. The van der Waals surface area contributed by atoms with Crippen LogP contribution in [0.5, 0.6) is 11.5 Å². The molecule has 26 heavy (non-hydrogen) atoms. The summed E-state index contributed by atoms with van der Waals surface area (Å²) in [6.45, 7) is 3.50. The molecule has 1 heterocycles. The third kappa shape index (κ3) is 3.03. The first-order valence-corrected chi connectivity index (χ1v) is 8.09. The van der Waals surface area contributed by atoms with Crippen molar-refractivity contribution in [2.24, 2.45) is 0 Å². The van der Waals surface area contributed by atoms with Crippen molar-refractivity contribution >= 4 is 22.7 Å². The van der Waals surface area contributed by atoms with E-state index in [2.05, 4.69) is 5.32 Å². The number of oxazole rings is 1. The number of carbonyl (C=O) groups is 1. The molecule has 1 N–H and O–H groups in total. The Hall–Kier alpha value is -3.22. The van der Waals surface area contributed by atoms with Crippen LogP contribution in [0.15, 0.2) is 45.6 Å². The van der Waals surface area contributed by atoms with E-state index in [1.54, 1.807) is 50.4 Å². The standard InChI is InChI=1S/C19H20N2O5/c1-11-9-16(24-3)17(25-4)10-13(11)20-18(22)12(2)21-14-7-5-6-8-15(14)26-19(21)23/h5-10,12H,1-4H3,(H,20,22)/t12-/m1/s1. The van der Waals surface area contributed by atoms with Gasteiger partial charge >= 0.3 is 5.76 Å². The number of aromatic nitrogens is 1. The zero-order chi connectivity index (χ0) is 18.8. The summed E-state index contributed by atoms with van der Waals surface area (Å²) in [6.07, 6.45) is 0. The van der Waals surface area contributed by atoms with E-state index in [9.17, 15) is 9.59 Å². The van der Waals surface area contributed by atoms with Gasteiger partial charge in [-0.3, -0.25) is 9.36 Å². The minimum Gasteiger partial charge on any atom is -0.493 e. The van der Waals surface area contributed by atoms with Crippen LogP contribution in [0.3, 0.4) is 0 Å². The Morgan fingerprint density at radius 3 is 2.50 bits per heavy atom. The average Bonchev–Trinajstić information content (AvgIpc) is 2.97. The number of anilines is 1. The van der Waals surface area contributed by atoms with Crippen molar-refractivity contribution in [2.75, 3.05) is 19.5 Å². The molecule has 0 bridgehead atoms. The third-order valence-electron chi connectivity index (χ3n) is 4.27. The van der Waals surface area contributed by atoms with Gasteiger partial charge in [0, 0.05) is 11.8 Å². The van der Waals surface area contributed by atoms with E-state index >= 15 is 0 Å². The van der Waals surface area contributed by atoms with Gasteiger partial charge in [-0.15, -0.1) is 0 Å². The summed E-state index contributed by atoms with van der Waals surface area (Å²) in [5, 5.41) is 2.84. The normalized spacial score (nSPS) is 12.0. The van der Waals surface area contributed by atoms with E-state index in [0.717, 1.165) is 5.56 Å². The largest absolute Gasteiger partial charge is 0.493 e. The number of nitrogens with zero attached hydrogens (tertiary/aromatic N) is 1. The van der Waals surface area contributed by atoms with Gasteiger partial charge in [0.05, 0.1) is 19.7 Å². The van der Waals surface area contributed by atoms with Crippen molar-refractivity contribution in [1.82, 2.24) is 4.57 Å². The van der Waals surface area contributed by atoms with Crippen molar-refractivity contribution in [2.45, 2.75) is 19.9 Å². The highest BCUT2D eigenvalue weighted by Crippen LogP contribution is 2.33. The molecule has 7 nitrogen and oxygen atoms in total. The van der Waals surface area contributed by atoms with Crippen LogP contribution in [0.25, 0.3) is 11.1 Å². The molecule has 0 fully saturated rings. The molecule has 1 aromatic heterocycles. The van der Waals surface area contributed by atoms with E-state index < -0.39 is 11.8 Å². The quantitative estimate of drug-likeness (QED) is 0.759. The molecule has 3 aromatic rings. The van der Waals surface area contributed by atoms with Gasteiger partial charge in [-0.1, -0.05) is 12.1 Å². The summed E-state index contributed by atoms with van der Waals surface area (Å²) in [4.78, 5) is 24.9.